The Bertz CT molecular complexity index is 1040. The highest BCUT2D eigenvalue weighted by molar-refractivity contribution is 6.30. The number of carbonyl (C=O) groups excluding carboxylic acids is 1. The van der Waals surface area contributed by atoms with Crippen molar-refractivity contribution in [2.45, 2.75) is 25.2 Å². The van der Waals surface area contributed by atoms with Gasteiger partial charge in [-0.05, 0) is 23.8 Å². The van der Waals surface area contributed by atoms with Crippen LogP contribution in [-0.4, -0.2) is 64.3 Å². The van der Waals surface area contributed by atoms with Crippen molar-refractivity contribution in [1.29, 1.82) is 0 Å². The number of rotatable bonds is 4. The fraction of sp³-hybridized carbons (Fsp3) is 0.478. The number of amides is 1. The first-order chi connectivity index (χ1) is 15.1. The van der Waals surface area contributed by atoms with Gasteiger partial charge in [-0.2, -0.15) is 0 Å². The van der Waals surface area contributed by atoms with Crippen molar-refractivity contribution in [2.24, 2.45) is 11.8 Å². The van der Waals surface area contributed by atoms with Crippen LogP contribution in [0.1, 0.15) is 17.3 Å². The molecule has 4 heterocycles. The number of ether oxygens (including phenoxy) is 1. The van der Waals surface area contributed by atoms with Gasteiger partial charge in [0.1, 0.15) is 0 Å². The van der Waals surface area contributed by atoms with E-state index in [9.17, 15) is 14.7 Å². The van der Waals surface area contributed by atoms with Crippen LogP contribution < -0.4 is 5.56 Å². The first-order valence-corrected chi connectivity index (χ1v) is 11.1. The van der Waals surface area contributed by atoms with Crippen molar-refractivity contribution in [3.8, 4) is 0 Å². The van der Waals surface area contributed by atoms with Gasteiger partial charge in [0.25, 0.3) is 5.56 Å². The molecule has 7 nitrogen and oxygen atoms in total. The normalized spacial score (nSPS) is 27.9. The lowest BCUT2D eigenvalue weighted by Crippen LogP contribution is -2.47. The molecule has 8 heteroatoms. The highest BCUT2D eigenvalue weighted by Crippen LogP contribution is 2.49. The molecule has 164 valence electrons. The highest BCUT2D eigenvalue weighted by atomic mass is 35.5. The van der Waals surface area contributed by atoms with Gasteiger partial charge < -0.3 is 19.3 Å². The lowest BCUT2D eigenvalue weighted by molar-refractivity contribution is -0.142. The topological polar surface area (TPSA) is 75.0 Å². The Balaban J connectivity index is 1.57. The van der Waals surface area contributed by atoms with E-state index >= 15 is 0 Å². The molecule has 0 aliphatic carbocycles. The summed E-state index contributed by atoms with van der Waals surface area (Å²) in [7, 11) is 0. The molecule has 1 amide bonds. The van der Waals surface area contributed by atoms with Crippen LogP contribution in [0.2, 0.25) is 5.02 Å². The number of hydrogen-bond acceptors (Lipinski definition) is 5. The van der Waals surface area contributed by atoms with Gasteiger partial charge in [-0.25, -0.2) is 0 Å². The maximum atomic E-state index is 13.7. The lowest BCUT2D eigenvalue weighted by atomic mass is 9.86. The zero-order valence-corrected chi connectivity index (χ0v) is 17.9. The third-order valence-electron chi connectivity index (χ3n) is 6.91. The Morgan fingerprint density at radius 3 is 2.68 bits per heavy atom. The molecule has 2 fully saturated rings. The Labute approximate surface area is 185 Å². The van der Waals surface area contributed by atoms with E-state index in [0.717, 1.165) is 11.3 Å². The van der Waals surface area contributed by atoms with Gasteiger partial charge in [-0.15, -0.1) is 0 Å². The number of pyridine rings is 1. The maximum Gasteiger partial charge on any atom is 0.250 e. The molecule has 4 atom stereocenters. The molecular formula is C23H26ClN3O4. The number of halogens is 1. The van der Waals surface area contributed by atoms with Crippen LogP contribution in [0, 0.1) is 11.8 Å². The predicted molar refractivity (Wildman–Crippen MR) is 116 cm³/mol. The average Bonchev–Trinajstić information content (AvgIpc) is 2.98. The van der Waals surface area contributed by atoms with Gasteiger partial charge in [-0.3, -0.25) is 14.5 Å². The Hall–Kier alpha value is -2.19. The van der Waals surface area contributed by atoms with Crippen LogP contribution in [0.15, 0.2) is 47.3 Å². The summed E-state index contributed by atoms with van der Waals surface area (Å²) >= 11 is 6.21. The minimum atomic E-state index is -0.414. The number of nitrogens with zero attached hydrogens (tertiary/aromatic N) is 3. The second kappa shape index (κ2) is 8.39. The van der Waals surface area contributed by atoms with Crippen LogP contribution in [0.25, 0.3) is 0 Å². The third kappa shape index (κ3) is 3.59. The molecule has 31 heavy (non-hydrogen) atoms. The van der Waals surface area contributed by atoms with E-state index in [2.05, 4.69) is 4.90 Å². The Morgan fingerprint density at radius 1 is 1.16 bits per heavy atom. The second-order valence-electron chi connectivity index (χ2n) is 8.52. The second-order valence-corrected chi connectivity index (χ2v) is 8.96. The van der Waals surface area contributed by atoms with Crippen molar-refractivity contribution < 1.29 is 14.6 Å². The number of benzene rings is 1. The van der Waals surface area contributed by atoms with Gasteiger partial charge in [0.2, 0.25) is 5.91 Å². The molecule has 0 saturated carbocycles. The number of aliphatic hydroxyl groups is 1. The van der Waals surface area contributed by atoms with Crippen LogP contribution in [0.5, 0.6) is 0 Å². The van der Waals surface area contributed by atoms with Gasteiger partial charge in [-0.1, -0.05) is 29.8 Å². The maximum absolute atomic E-state index is 13.7. The molecule has 2 aromatic rings. The molecule has 0 radical (unpaired) electrons. The molecular weight excluding hydrogens is 418 g/mol. The van der Waals surface area contributed by atoms with E-state index in [1.165, 1.54) is 0 Å². The summed E-state index contributed by atoms with van der Waals surface area (Å²) in [4.78, 5) is 30.4. The summed E-state index contributed by atoms with van der Waals surface area (Å²) in [5.74, 6) is -0.627. The zero-order valence-electron chi connectivity index (χ0n) is 17.2. The summed E-state index contributed by atoms with van der Waals surface area (Å²) in [5.41, 5.74) is 1.82. The van der Waals surface area contributed by atoms with E-state index < -0.39 is 5.92 Å². The summed E-state index contributed by atoms with van der Waals surface area (Å²) in [6, 6.07) is 12.6. The number of morpholine rings is 1. The monoisotopic (exact) mass is 443 g/mol. The number of carbonyl (C=O) groups is 1. The quantitative estimate of drug-likeness (QED) is 0.775. The molecule has 1 aromatic carbocycles. The predicted octanol–water partition coefficient (Wildman–Crippen LogP) is 1.52. The summed E-state index contributed by atoms with van der Waals surface area (Å²) in [6.45, 7) is 3.13. The fourth-order valence-corrected chi connectivity index (χ4v) is 5.73. The molecule has 1 N–H and O–H groups in total. The van der Waals surface area contributed by atoms with E-state index in [1.54, 1.807) is 16.7 Å². The SMILES string of the molecule is O=C([C@H]1[C@H](CO)[C@H]2Cn3c(cccc3=O)[C@@H]1N2Cc1cccc(Cl)c1)N1CCOCC1. The van der Waals surface area contributed by atoms with Crippen molar-refractivity contribution in [3.63, 3.8) is 0 Å². The molecule has 2 saturated heterocycles. The number of fused-ring (bicyclic) bond motifs is 4. The van der Waals surface area contributed by atoms with E-state index in [-0.39, 0.29) is 36.1 Å². The van der Waals surface area contributed by atoms with Gasteiger partial charge in [0, 0.05) is 61.5 Å². The molecule has 2 bridgehead atoms. The van der Waals surface area contributed by atoms with Crippen LogP contribution in [0.3, 0.4) is 0 Å². The number of aliphatic hydroxyl groups excluding tert-OH is 1. The molecule has 3 aliphatic heterocycles. The van der Waals surface area contributed by atoms with Crippen LogP contribution >= 0.6 is 11.6 Å². The highest BCUT2D eigenvalue weighted by Gasteiger charge is 2.56. The third-order valence-corrected chi connectivity index (χ3v) is 7.14. The van der Waals surface area contributed by atoms with Crippen LogP contribution in [-0.2, 0) is 22.6 Å². The van der Waals surface area contributed by atoms with Crippen molar-refractivity contribution in [2.75, 3.05) is 32.9 Å². The number of hydrogen-bond donors (Lipinski definition) is 1. The van der Waals surface area contributed by atoms with Crippen LogP contribution in [0.4, 0.5) is 0 Å². The van der Waals surface area contributed by atoms with E-state index in [0.29, 0.717) is 44.4 Å². The standard InChI is InChI=1S/C23H26ClN3O4/c24-16-4-1-3-15(11-16)12-27-19-13-26-18(5-2-6-20(26)29)22(27)21(17(19)14-28)23(30)25-7-9-31-10-8-25/h1-6,11,17,19,21-22,28H,7-10,12-14H2/t17-,19-,21+,22+/m1/s1. The lowest BCUT2D eigenvalue weighted by Gasteiger charge is -2.38. The summed E-state index contributed by atoms with van der Waals surface area (Å²) in [6.07, 6.45) is 0. The average molecular weight is 444 g/mol. The van der Waals surface area contributed by atoms with Gasteiger partial charge in [0.15, 0.2) is 0 Å². The molecule has 1 aromatic heterocycles. The smallest absolute Gasteiger partial charge is 0.250 e. The fourth-order valence-electron chi connectivity index (χ4n) is 5.51. The first-order valence-electron chi connectivity index (χ1n) is 10.8. The van der Waals surface area contributed by atoms with Crippen molar-refractivity contribution >= 4 is 17.5 Å². The Kier molecular flexibility index (Phi) is 5.60. The van der Waals surface area contributed by atoms with Crippen molar-refractivity contribution in [1.82, 2.24) is 14.4 Å². The minimum Gasteiger partial charge on any atom is -0.396 e. The van der Waals surface area contributed by atoms with E-state index in [4.69, 9.17) is 16.3 Å². The van der Waals surface area contributed by atoms with Crippen molar-refractivity contribution in [3.05, 3.63) is 69.1 Å². The van der Waals surface area contributed by atoms with E-state index in [1.807, 2.05) is 35.2 Å². The minimum absolute atomic E-state index is 0.0377. The van der Waals surface area contributed by atoms with Gasteiger partial charge >= 0.3 is 0 Å². The largest absolute Gasteiger partial charge is 0.396 e. The van der Waals surface area contributed by atoms with Gasteiger partial charge in [0.05, 0.1) is 25.2 Å². The molecule has 0 spiro atoms. The first kappa shape index (κ1) is 20.7. The zero-order chi connectivity index (χ0) is 21.5. The molecule has 0 unspecified atom stereocenters. The summed E-state index contributed by atoms with van der Waals surface area (Å²) < 4.78 is 7.20. The summed E-state index contributed by atoms with van der Waals surface area (Å²) in [5, 5.41) is 11.0. The Morgan fingerprint density at radius 2 is 1.94 bits per heavy atom. The number of aromatic nitrogens is 1. The molecule has 3 aliphatic rings. The molecule has 5 rings (SSSR count).